The molecule has 2 aromatic heterocycles. The van der Waals surface area contributed by atoms with E-state index in [1.807, 2.05) is 22.9 Å². The Bertz CT molecular complexity index is 1160. The summed E-state index contributed by atoms with van der Waals surface area (Å²) in [6, 6.07) is 7.15. The van der Waals surface area contributed by atoms with Crippen molar-refractivity contribution in [3.63, 3.8) is 0 Å². The number of benzene rings is 1. The third kappa shape index (κ3) is 5.59. The number of hydrogen-bond donors (Lipinski definition) is 3. The van der Waals surface area contributed by atoms with Crippen LogP contribution < -0.4 is 20.1 Å². The minimum absolute atomic E-state index is 0.302. The Morgan fingerprint density at radius 2 is 2.07 bits per heavy atom. The van der Waals surface area contributed by atoms with Crippen LogP contribution in [0.3, 0.4) is 0 Å². The van der Waals surface area contributed by atoms with Crippen molar-refractivity contribution in [3.05, 3.63) is 41.8 Å². The molecule has 3 rings (SSSR count). The number of methoxy groups -OCH3 is 1. The minimum Gasteiger partial charge on any atom is -0.495 e. The number of nitrogens with one attached hydrogen (secondary N) is 3. The number of aromatic nitrogens is 3. The van der Waals surface area contributed by atoms with E-state index in [1.54, 1.807) is 19.2 Å². The summed E-state index contributed by atoms with van der Waals surface area (Å²) in [5, 5.41) is 6.36. The average molecular weight is 453 g/mol. The molecule has 10 nitrogen and oxygen atoms in total. The van der Waals surface area contributed by atoms with Crippen molar-refractivity contribution < 1.29 is 17.9 Å². The highest BCUT2D eigenvalue weighted by Crippen LogP contribution is 2.30. The van der Waals surface area contributed by atoms with Gasteiger partial charge in [0.1, 0.15) is 17.6 Å². The van der Waals surface area contributed by atoms with Crippen molar-refractivity contribution >= 4 is 50.1 Å². The van der Waals surface area contributed by atoms with Crippen molar-refractivity contribution in [1.29, 1.82) is 0 Å². The summed E-state index contributed by atoms with van der Waals surface area (Å²) in [5.41, 5.74) is 2.22. The topological polar surface area (TPSA) is 127 Å². The molecule has 0 spiro atoms. The van der Waals surface area contributed by atoms with Crippen molar-refractivity contribution in [2.75, 3.05) is 31.8 Å². The second-order valence-corrected chi connectivity index (χ2v) is 8.62. The summed E-state index contributed by atoms with van der Waals surface area (Å²) >= 11 is 6.19. The molecule has 0 aliphatic carbocycles. The first-order chi connectivity index (χ1) is 14.3. The van der Waals surface area contributed by atoms with Gasteiger partial charge in [-0.25, -0.2) is 23.1 Å². The summed E-state index contributed by atoms with van der Waals surface area (Å²) < 4.78 is 31.3. The maximum Gasteiger partial charge on any atom is 0.235 e. The average Bonchev–Trinajstić information content (AvgIpc) is 3.10. The van der Waals surface area contributed by atoms with Gasteiger partial charge >= 0.3 is 0 Å². The molecular weight excluding hydrogens is 432 g/mol. The number of halogens is 1. The van der Waals surface area contributed by atoms with Gasteiger partial charge in [0, 0.05) is 25.0 Å². The van der Waals surface area contributed by atoms with E-state index in [1.165, 1.54) is 6.33 Å². The lowest BCUT2D eigenvalue weighted by Crippen LogP contribution is -2.37. The number of ether oxygens (including phenoxy) is 1. The molecule has 0 aliphatic heterocycles. The third-order valence-corrected chi connectivity index (χ3v) is 5.10. The maximum absolute atomic E-state index is 11.8. The van der Waals surface area contributed by atoms with Gasteiger partial charge in [-0.15, -0.1) is 0 Å². The SMILES string of the molecule is COc1ccc(Nc2ncnc3ccn(CCNC(=O)CNS(C)(=O)=O)c23)cc1Cl. The van der Waals surface area contributed by atoms with Gasteiger partial charge in [0.05, 0.1) is 30.4 Å². The smallest absolute Gasteiger partial charge is 0.235 e. The van der Waals surface area contributed by atoms with E-state index in [9.17, 15) is 13.2 Å². The minimum atomic E-state index is -3.42. The molecule has 0 atom stereocenters. The third-order valence-electron chi connectivity index (χ3n) is 4.13. The second kappa shape index (κ2) is 9.28. The van der Waals surface area contributed by atoms with Gasteiger partial charge in [0.25, 0.3) is 0 Å². The predicted octanol–water partition coefficient (Wildman–Crippen LogP) is 1.50. The zero-order valence-electron chi connectivity index (χ0n) is 16.3. The molecule has 1 amide bonds. The van der Waals surface area contributed by atoms with E-state index in [-0.39, 0.29) is 6.54 Å². The highest BCUT2D eigenvalue weighted by Gasteiger charge is 2.11. The van der Waals surface area contributed by atoms with Crippen molar-refractivity contribution in [2.45, 2.75) is 6.54 Å². The molecule has 0 fully saturated rings. The van der Waals surface area contributed by atoms with Crippen LogP contribution in [0.4, 0.5) is 11.5 Å². The van der Waals surface area contributed by atoms with Gasteiger partial charge in [0.15, 0.2) is 5.82 Å². The summed E-state index contributed by atoms with van der Waals surface area (Å²) in [6.07, 6.45) is 4.29. The van der Waals surface area contributed by atoms with Crippen LogP contribution in [0.1, 0.15) is 0 Å². The van der Waals surface area contributed by atoms with Gasteiger partial charge < -0.3 is 19.9 Å². The fourth-order valence-electron chi connectivity index (χ4n) is 2.77. The molecular formula is C18H21ClN6O4S. The van der Waals surface area contributed by atoms with Crippen molar-refractivity contribution in [2.24, 2.45) is 0 Å². The molecule has 0 radical (unpaired) electrons. The van der Waals surface area contributed by atoms with Crippen molar-refractivity contribution in [1.82, 2.24) is 24.6 Å². The first-order valence-electron chi connectivity index (χ1n) is 8.88. The molecule has 12 heteroatoms. The van der Waals surface area contributed by atoms with Crippen LogP contribution in [-0.2, 0) is 21.4 Å². The number of amides is 1. The van der Waals surface area contributed by atoms with Gasteiger partial charge in [-0.3, -0.25) is 4.79 Å². The van der Waals surface area contributed by atoms with E-state index in [0.717, 1.165) is 23.0 Å². The first kappa shape index (κ1) is 21.8. The second-order valence-electron chi connectivity index (χ2n) is 6.38. The Kier molecular flexibility index (Phi) is 6.75. The summed E-state index contributed by atoms with van der Waals surface area (Å²) in [5.74, 6) is 0.732. The molecule has 0 saturated heterocycles. The Morgan fingerprint density at radius 3 is 2.77 bits per heavy atom. The number of sulfonamides is 1. The molecule has 160 valence electrons. The Balaban J connectivity index is 1.71. The molecule has 0 unspecified atom stereocenters. The monoisotopic (exact) mass is 452 g/mol. The Labute approximate surface area is 178 Å². The van der Waals surface area contributed by atoms with E-state index >= 15 is 0 Å². The number of rotatable bonds is 9. The van der Waals surface area contributed by atoms with E-state index in [4.69, 9.17) is 16.3 Å². The number of hydrogen-bond acceptors (Lipinski definition) is 7. The summed E-state index contributed by atoms with van der Waals surface area (Å²) in [4.78, 5) is 20.4. The molecule has 1 aromatic carbocycles. The lowest BCUT2D eigenvalue weighted by atomic mass is 10.3. The summed E-state index contributed by atoms with van der Waals surface area (Å²) in [7, 11) is -1.87. The number of fused-ring (bicyclic) bond motifs is 1. The lowest BCUT2D eigenvalue weighted by molar-refractivity contribution is -0.119. The molecule has 3 N–H and O–H groups in total. The Morgan fingerprint density at radius 1 is 1.27 bits per heavy atom. The fourth-order valence-corrected chi connectivity index (χ4v) is 3.42. The molecule has 0 aliphatic rings. The van der Waals surface area contributed by atoms with Gasteiger partial charge in [-0.2, -0.15) is 0 Å². The summed E-state index contributed by atoms with van der Waals surface area (Å²) in [6.45, 7) is 0.440. The van der Waals surface area contributed by atoms with E-state index in [2.05, 4.69) is 25.3 Å². The number of carbonyl (C=O) groups is 1. The van der Waals surface area contributed by atoms with Crippen LogP contribution in [0.15, 0.2) is 36.8 Å². The zero-order chi connectivity index (χ0) is 21.7. The van der Waals surface area contributed by atoms with E-state index in [0.29, 0.717) is 29.7 Å². The molecule has 30 heavy (non-hydrogen) atoms. The molecule has 0 bridgehead atoms. The van der Waals surface area contributed by atoms with Crippen LogP contribution in [-0.4, -0.2) is 55.3 Å². The van der Waals surface area contributed by atoms with Gasteiger partial charge in [0.2, 0.25) is 15.9 Å². The largest absolute Gasteiger partial charge is 0.495 e. The van der Waals surface area contributed by atoms with Gasteiger partial charge in [-0.05, 0) is 24.3 Å². The predicted molar refractivity (Wildman–Crippen MR) is 115 cm³/mol. The van der Waals surface area contributed by atoms with Crippen LogP contribution in [0, 0.1) is 0 Å². The fraction of sp³-hybridized carbons (Fsp3) is 0.278. The van der Waals surface area contributed by atoms with Crippen LogP contribution in [0.2, 0.25) is 5.02 Å². The number of nitrogens with zero attached hydrogens (tertiary/aromatic N) is 3. The number of anilines is 2. The van der Waals surface area contributed by atoms with Crippen LogP contribution in [0.25, 0.3) is 11.0 Å². The van der Waals surface area contributed by atoms with Crippen LogP contribution >= 0.6 is 11.6 Å². The lowest BCUT2D eigenvalue weighted by Gasteiger charge is -2.12. The standard InChI is InChI=1S/C18H21ClN6O4S/c1-29-15-4-3-12(9-13(15)19)24-18-17-14(21-11-22-18)5-7-25(17)8-6-20-16(26)10-23-30(2,27)28/h3-5,7,9,11,23H,6,8,10H2,1-2H3,(H,20,26)(H,21,22,24). The highest BCUT2D eigenvalue weighted by molar-refractivity contribution is 7.88. The van der Waals surface area contributed by atoms with Crippen LogP contribution in [0.5, 0.6) is 5.75 Å². The molecule has 2 heterocycles. The maximum atomic E-state index is 11.8. The quantitative estimate of drug-likeness (QED) is 0.449. The first-order valence-corrected chi connectivity index (χ1v) is 11.2. The highest BCUT2D eigenvalue weighted by atomic mass is 35.5. The zero-order valence-corrected chi connectivity index (χ0v) is 17.9. The van der Waals surface area contributed by atoms with E-state index < -0.39 is 15.9 Å². The van der Waals surface area contributed by atoms with Crippen molar-refractivity contribution in [3.8, 4) is 5.75 Å². The molecule has 0 saturated carbocycles. The Hall–Kier alpha value is -2.89. The normalized spacial score (nSPS) is 11.4. The van der Waals surface area contributed by atoms with Gasteiger partial charge in [-0.1, -0.05) is 11.6 Å². The molecule has 3 aromatic rings. The number of carbonyl (C=O) groups excluding carboxylic acids is 1.